The number of pyridine rings is 1. The van der Waals surface area contributed by atoms with Crippen molar-refractivity contribution < 1.29 is 23.4 Å². The van der Waals surface area contributed by atoms with Gasteiger partial charge in [-0.2, -0.15) is 5.10 Å². The van der Waals surface area contributed by atoms with Crippen molar-refractivity contribution in [3.8, 4) is 0 Å². The number of H-pyrrole nitrogens is 1. The normalized spacial score (nSPS) is 25.5. The average Bonchev–Trinajstić information content (AvgIpc) is 3.41. The van der Waals surface area contributed by atoms with Crippen LogP contribution in [0.4, 0.5) is 14.6 Å². The molecule has 5 rings (SSSR count). The molecule has 0 spiro atoms. The minimum Gasteiger partial charge on any atom is -0.389 e. The molecule has 0 radical (unpaired) electrons. The minimum atomic E-state index is -1.32. The van der Waals surface area contributed by atoms with E-state index in [-0.39, 0.29) is 42.0 Å². The molecule has 2 aliphatic heterocycles. The molecular formula is C20H20ClF2N7O3. The van der Waals surface area contributed by atoms with E-state index in [9.17, 15) is 18.7 Å². The van der Waals surface area contributed by atoms with E-state index in [1.807, 2.05) is 0 Å². The number of hydrogen-bond acceptors (Lipinski definition) is 8. The van der Waals surface area contributed by atoms with Gasteiger partial charge in [-0.1, -0.05) is 11.6 Å². The summed E-state index contributed by atoms with van der Waals surface area (Å²) >= 11 is 6.14. The molecule has 3 aromatic rings. The number of nitrogens with zero attached hydrogens (tertiary/aromatic N) is 5. The fraction of sp³-hybridized carbons (Fsp3) is 0.450. The number of nitrogens with one attached hydrogen (secondary N) is 2. The van der Waals surface area contributed by atoms with Crippen molar-refractivity contribution in [2.45, 2.75) is 37.2 Å². The van der Waals surface area contributed by atoms with Crippen LogP contribution >= 0.6 is 11.6 Å². The van der Waals surface area contributed by atoms with Crippen LogP contribution in [-0.4, -0.2) is 79.1 Å². The van der Waals surface area contributed by atoms with E-state index in [2.05, 4.69) is 30.5 Å². The average molecular weight is 480 g/mol. The third-order valence-corrected chi connectivity index (χ3v) is 6.23. The Bertz CT molecular complexity index is 1200. The van der Waals surface area contributed by atoms with Crippen LogP contribution in [0.3, 0.4) is 0 Å². The first-order valence-corrected chi connectivity index (χ1v) is 10.8. The lowest BCUT2D eigenvalue weighted by molar-refractivity contribution is -0.0135. The highest BCUT2D eigenvalue weighted by molar-refractivity contribution is 6.30. The maximum absolute atomic E-state index is 14.4. The van der Waals surface area contributed by atoms with Crippen LogP contribution in [0.2, 0.25) is 5.15 Å². The molecule has 0 saturated carbocycles. The van der Waals surface area contributed by atoms with Crippen molar-refractivity contribution in [2.24, 2.45) is 0 Å². The maximum atomic E-state index is 14.4. The van der Waals surface area contributed by atoms with Gasteiger partial charge in [-0.15, -0.1) is 0 Å². The van der Waals surface area contributed by atoms with Gasteiger partial charge < -0.3 is 20.1 Å². The largest absolute Gasteiger partial charge is 0.389 e. The summed E-state index contributed by atoms with van der Waals surface area (Å²) in [5, 5.41) is 20.5. The van der Waals surface area contributed by atoms with Crippen LogP contribution in [0.5, 0.6) is 0 Å². The lowest BCUT2D eigenvalue weighted by Crippen LogP contribution is -2.42. The van der Waals surface area contributed by atoms with Gasteiger partial charge in [0.25, 0.3) is 5.91 Å². The van der Waals surface area contributed by atoms with Crippen molar-refractivity contribution in [2.75, 3.05) is 25.1 Å². The van der Waals surface area contributed by atoms with Crippen LogP contribution in [0.25, 0.3) is 11.0 Å². The zero-order valence-corrected chi connectivity index (χ0v) is 18.0. The predicted octanol–water partition coefficient (Wildman–Crippen LogP) is 2.03. The number of aliphatic hydroxyl groups is 1. The summed E-state index contributed by atoms with van der Waals surface area (Å²) in [4.78, 5) is 26.9. The molecule has 10 nitrogen and oxygen atoms in total. The molecule has 0 bridgehead atoms. The summed E-state index contributed by atoms with van der Waals surface area (Å²) in [6, 6.07) is -0.00111. The molecule has 0 unspecified atom stereocenters. The molecule has 0 aliphatic carbocycles. The number of alkyl halides is 1. The maximum Gasteiger partial charge on any atom is 0.275 e. The monoisotopic (exact) mass is 479 g/mol. The highest BCUT2D eigenvalue weighted by atomic mass is 35.5. The minimum absolute atomic E-state index is 0.000574. The smallest absolute Gasteiger partial charge is 0.275 e. The van der Waals surface area contributed by atoms with E-state index < -0.39 is 30.0 Å². The Labute approximate surface area is 191 Å². The summed E-state index contributed by atoms with van der Waals surface area (Å²) in [5.41, 5.74) is 0.509. The molecule has 174 valence electrons. The molecule has 0 aromatic carbocycles. The second-order valence-electron chi connectivity index (χ2n) is 8.04. The number of fused-ring (bicyclic) bond motifs is 1. The Morgan fingerprint density at radius 1 is 1.36 bits per heavy atom. The van der Waals surface area contributed by atoms with Gasteiger partial charge in [-0.3, -0.25) is 9.89 Å². The third kappa shape index (κ3) is 4.09. The van der Waals surface area contributed by atoms with Gasteiger partial charge in [0, 0.05) is 18.6 Å². The molecule has 33 heavy (non-hydrogen) atoms. The Morgan fingerprint density at radius 2 is 2.21 bits per heavy atom. The first kappa shape index (κ1) is 21.9. The summed E-state index contributed by atoms with van der Waals surface area (Å²) in [5.74, 6) is -0.914. The van der Waals surface area contributed by atoms with Gasteiger partial charge in [0.1, 0.15) is 29.3 Å². The summed E-state index contributed by atoms with van der Waals surface area (Å²) in [7, 11) is 0. The molecule has 3 aromatic heterocycles. The van der Waals surface area contributed by atoms with E-state index in [1.54, 1.807) is 0 Å². The predicted molar refractivity (Wildman–Crippen MR) is 113 cm³/mol. The molecular weight excluding hydrogens is 460 g/mol. The molecule has 2 aliphatic rings. The topological polar surface area (TPSA) is 129 Å². The first-order valence-electron chi connectivity index (χ1n) is 10.4. The molecule has 1 amide bonds. The number of ether oxygens (including phenoxy) is 1. The third-order valence-electron chi connectivity index (χ3n) is 5.91. The number of halogens is 3. The van der Waals surface area contributed by atoms with Crippen LogP contribution < -0.4 is 5.32 Å². The summed E-state index contributed by atoms with van der Waals surface area (Å²) < 4.78 is 33.5. The number of carbonyl (C=O) groups excluding carboxylic acids is 1. The first-order chi connectivity index (χ1) is 15.9. The molecule has 5 heterocycles. The zero-order valence-electron chi connectivity index (χ0n) is 17.2. The second kappa shape index (κ2) is 8.76. The number of aromatic nitrogens is 5. The number of aliphatic hydroxyl groups excluding tert-OH is 1. The Balaban J connectivity index is 1.51. The zero-order chi connectivity index (χ0) is 23.1. The van der Waals surface area contributed by atoms with Crippen molar-refractivity contribution in [3.63, 3.8) is 0 Å². The van der Waals surface area contributed by atoms with Crippen molar-refractivity contribution >= 4 is 34.4 Å². The number of amides is 1. The number of aromatic amines is 1. The van der Waals surface area contributed by atoms with Gasteiger partial charge in [0.05, 0.1) is 42.9 Å². The molecule has 2 saturated heterocycles. The van der Waals surface area contributed by atoms with E-state index in [1.165, 1.54) is 11.2 Å². The highest BCUT2D eigenvalue weighted by Gasteiger charge is 2.40. The molecule has 4 atom stereocenters. The van der Waals surface area contributed by atoms with Crippen LogP contribution in [-0.2, 0) is 4.74 Å². The number of hydrogen-bond donors (Lipinski definition) is 3. The Morgan fingerprint density at radius 3 is 3.03 bits per heavy atom. The Kier molecular flexibility index (Phi) is 5.81. The molecule has 13 heteroatoms. The van der Waals surface area contributed by atoms with Gasteiger partial charge in [0.15, 0.2) is 11.3 Å². The number of likely N-dealkylation sites (tertiary alicyclic amines) is 1. The van der Waals surface area contributed by atoms with Crippen molar-refractivity contribution in [3.05, 3.63) is 40.8 Å². The second-order valence-corrected chi connectivity index (χ2v) is 8.40. The summed E-state index contributed by atoms with van der Waals surface area (Å²) in [6.45, 7) is 0.439. The van der Waals surface area contributed by atoms with Crippen LogP contribution in [0, 0.1) is 5.82 Å². The van der Waals surface area contributed by atoms with Gasteiger partial charge in [-0.25, -0.2) is 23.7 Å². The van der Waals surface area contributed by atoms with E-state index in [0.29, 0.717) is 29.9 Å². The quantitative estimate of drug-likeness (QED) is 0.485. The van der Waals surface area contributed by atoms with Crippen LogP contribution in [0.15, 0.2) is 18.6 Å². The van der Waals surface area contributed by atoms with E-state index in [4.69, 9.17) is 16.3 Å². The fourth-order valence-electron chi connectivity index (χ4n) is 4.30. The Hall–Kier alpha value is -2.96. The number of rotatable bonds is 4. The number of anilines is 1. The highest BCUT2D eigenvalue weighted by Crippen LogP contribution is 2.38. The molecule has 2 fully saturated rings. The SMILES string of the molecule is O=C(c1n[nH]c2ncnc(N[C@@H]3CCOC[C@H]3O)c12)N1C[C@@H](F)C[C@@H]1c1cc(F)cnc1Cl. The van der Waals surface area contributed by atoms with E-state index in [0.717, 1.165) is 12.3 Å². The molecule has 3 N–H and O–H groups in total. The van der Waals surface area contributed by atoms with Gasteiger partial charge in [-0.05, 0) is 12.5 Å². The standard InChI is InChI=1S/C20H20ClF2N7O3/c21-17-11(3-9(22)5-24-17)13-4-10(23)6-30(13)20(32)16-15-18(25-8-26-19(15)29-28-16)27-12-1-2-33-7-14(12)31/h3,5,8,10,12-14,31H,1-2,4,6-7H2,(H2,25,26,27,28,29)/t10-,12+,13+,14+/m0/s1. The van der Waals surface area contributed by atoms with Crippen LogP contribution in [0.1, 0.15) is 34.9 Å². The van der Waals surface area contributed by atoms with Gasteiger partial charge >= 0.3 is 0 Å². The number of carbonyl (C=O) groups is 1. The fourth-order valence-corrected chi connectivity index (χ4v) is 4.53. The lowest BCUT2D eigenvalue weighted by Gasteiger charge is -2.29. The van der Waals surface area contributed by atoms with Gasteiger partial charge in [0.2, 0.25) is 0 Å². The lowest BCUT2D eigenvalue weighted by atomic mass is 10.1. The summed E-state index contributed by atoms with van der Waals surface area (Å²) in [6.07, 6.45) is 0.673. The van der Waals surface area contributed by atoms with Crippen molar-refractivity contribution in [1.82, 2.24) is 30.0 Å². The van der Waals surface area contributed by atoms with E-state index >= 15 is 0 Å². The van der Waals surface area contributed by atoms with Crippen molar-refractivity contribution in [1.29, 1.82) is 0 Å².